The zero-order chi connectivity index (χ0) is 12.5. The van der Waals surface area contributed by atoms with E-state index in [2.05, 4.69) is 18.7 Å². The van der Waals surface area contributed by atoms with Gasteiger partial charge >= 0.3 is 0 Å². The third-order valence-electron chi connectivity index (χ3n) is 3.42. The van der Waals surface area contributed by atoms with Crippen LogP contribution in [0.3, 0.4) is 0 Å². The van der Waals surface area contributed by atoms with E-state index < -0.39 is 0 Å². The number of nitrogens with zero attached hydrogens (tertiary/aromatic N) is 1. The molecule has 1 aliphatic heterocycles. The molecule has 0 aromatic rings. The van der Waals surface area contributed by atoms with E-state index in [1.165, 1.54) is 17.9 Å². The second kappa shape index (κ2) is 9.20. The molecule has 2 atom stereocenters. The van der Waals surface area contributed by atoms with E-state index in [1.54, 1.807) is 0 Å². The zero-order valence-corrected chi connectivity index (χ0v) is 12.2. The summed E-state index contributed by atoms with van der Waals surface area (Å²) in [4.78, 5) is 2.55. The highest BCUT2D eigenvalue weighted by atomic mass is 32.2. The summed E-state index contributed by atoms with van der Waals surface area (Å²) >= 11 is 2.01. The molecule has 3 nitrogen and oxygen atoms in total. The molecule has 102 valence electrons. The van der Waals surface area contributed by atoms with Crippen molar-refractivity contribution in [3.63, 3.8) is 0 Å². The molecule has 0 aromatic carbocycles. The Morgan fingerprint density at radius 2 is 2.29 bits per heavy atom. The lowest BCUT2D eigenvalue weighted by Gasteiger charge is -2.31. The lowest BCUT2D eigenvalue weighted by atomic mass is 10.1. The minimum atomic E-state index is 0.408. The molecular weight excluding hydrogens is 232 g/mol. The summed E-state index contributed by atoms with van der Waals surface area (Å²) in [6.07, 6.45) is 3.88. The molecule has 4 heteroatoms. The number of ether oxygens (including phenoxy) is 1. The molecule has 1 saturated heterocycles. The molecule has 17 heavy (non-hydrogen) atoms. The first kappa shape index (κ1) is 15.3. The molecule has 1 heterocycles. The molecule has 2 unspecified atom stereocenters. The Bertz CT molecular complexity index is 192. The van der Waals surface area contributed by atoms with Crippen molar-refractivity contribution in [1.29, 1.82) is 0 Å². The quantitative estimate of drug-likeness (QED) is 0.710. The predicted molar refractivity (Wildman–Crippen MR) is 76.7 cm³/mol. The van der Waals surface area contributed by atoms with Crippen LogP contribution in [0, 0.1) is 0 Å². The Morgan fingerprint density at radius 3 is 2.94 bits per heavy atom. The van der Waals surface area contributed by atoms with E-state index >= 15 is 0 Å². The van der Waals surface area contributed by atoms with Crippen LogP contribution in [0.4, 0.5) is 0 Å². The lowest BCUT2D eigenvalue weighted by molar-refractivity contribution is 0.0457. The summed E-state index contributed by atoms with van der Waals surface area (Å²) in [6, 6.07) is 0.546. The molecular formula is C13H28N2OS. The fraction of sp³-hybridized carbons (Fsp3) is 1.00. The van der Waals surface area contributed by atoms with Gasteiger partial charge in [0, 0.05) is 32.3 Å². The third-order valence-corrected chi connectivity index (χ3v) is 4.36. The Morgan fingerprint density at radius 1 is 1.47 bits per heavy atom. The maximum absolute atomic E-state index is 5.93. The van der Waals surface area contributed by atoms with Gasteiger partial charge in [0.05, 0.1) is 6.10 Å². The van der Waals surface area contributed by atoms with Crippen LogP contribution in [0.2, 0.25) is 0 Å². The van der Waals surface area contributed by atoms with Gasteiger partial charge in [-0.05, 0) is 30.8 Å². The van der Waals surface area contributed by atoms with Crippen LogP contribution in [0.1, 0.15) is 33.1 Å². The summed E-state index contributed by atoms with van der Waals surface area (Å²) < 4.78 is 5.81. The molecule has 0 aromatic heterocycles. The maximum Gasteiger partial charge on any atom is 0.0699 e. The van der Waals surface area contributed by atoms with Crippen LogP contribution < -0.4 is 5.73 Å². The average Bonchev–Trinajstić information content (AvgIpc) is 2.60. The van der Waals surface area contributed by atoms with Crippen molar-refractivity contribution in [3.05, 3.63) is 0 Å². The Hall–Kier alpha value is 0.230. The van der Waals surface area contributed by atoms with E-state index in [0.717, 1.165) is 39.1 Å². The normalized spacial score (nSPS) is 24.5. The molecule has 0 saturated carbocycles. The monoisotopic (exact) mass is 260 g/mol. The van der Waals surface area contributed by atoms with Gasteiger partial charge in [0.2, 0.25) is 0 Å². The van der Waals surface area contributed by atoms with Gasteiger partial charge < -0.3 is 10.5 Å². The van der Waals surface area contributed by atoms with Crippen LogP contribution in [0.25, 0.3) is 0 Å². The molecule has 0 bridgehead atoms. The first-order valence-electron chi connectivity index (χ1n) is 6.95. The van der Waals surface area contributed by atoms with Crippen molar-refractivity contribution in [2.75, 3.05) is 37.7 Å². The molecule has 0 aliphatic carbocycles. The van der Waals surface area contributed by atoms with Gasteiger partial charge in [0.15, 0.2) is 0 Å². The molecule has 0 spiro atoms. The SMILES string of the molecule is CCSCCC(CN)N1CCCOC(CC)C1. The van der Waals surface area contributed by atoms with Crippen molar-refractivity contribution >= 4 is 11.8 Å². The molecule has 1 aliphatic rings. The van der Waals surface area contributed by atoms with E-state index in [9.17, 15) is 0 Å². The van der Waals surface area contributed by atoms with E-state index in [4.69, 9.17) is 10.5 Å². The molecule has 1 fully saturated rings. The largest absolute Gasteiger partial charge is 0.377 e. The number of thioether (sulfide) groups is 1. The minimum absolute atomic E-state index is 0.408. The van der Waals surface area contributed by atoms with Crippen LogP contribution in [-0.2, 0) is 4.74 Å². The van der Waals surface area contributed by atoms with Gasteiger partial charge in [-0.15, -0.1) is 0 Å². The predicted octanol–water partition coefficient (Wildman–Crippen LogP) is 1.96. The van der Waals surface area contributed by atoms with Crippen molar-refractivity contribution in [3.8, 4) is 0 Å². The zero-order valence-electron chi connectivity index (χ0n) is 11.4. The summed E-state index contributed by atoms with van der Waals surface area (Å²) in [7, 11) is 0. The summed E-state index contributed by atoms with van der Waals surface area (Å²) in [6.45, 7) is 8.33. The van der Waals surface area contributed by atoms with E-state index in [-0.39, 0.29) is 0 Å². The maximum atomic E-state index is 5.93. The van der Waals surface area contributed by atoms with Gasteiger partial charge in [-0.2, -0.15) is 11.8 Å². The number of hydrogen-bond acceptors (Lipinski definition) is 4. The van der Waals surface area contributed by atoms with Crippen molar-refractivity contribution in [2.24, 2.45) is 5.73 Å². The fourth-order valence-corrected chi connectivity index (χ4v) is 3.04. The number of hydrogen-bond donors (Lipinski definition) is 1. The number of nitrogens with two attached hydrogens (primary N) is 1. The summed E-state index contributed by atoms with van der Waals surface area (Å²) in [5.41, 5.74) is 5.93. The van der Waals surface area contributed by atoms with Crippen molar-refractivity contribution in [1.82, 2.24) is 4.90 Å². The lowest BCUT2D eigenvalue weighted by Crippen LogP contribution is -2.44. The van der Waals surface area contributed by atoms with Crippen LogP contribution in [-0.4, -0.2) is 54.8 Å². The van der Waals surface area contributed by atoms with Gasteiger partial charge in [0.25, 0.3) is 0 Å². The second-order valence-corrected chi connectivity index (χ2v) is 6.02. The summed E-state index contributed by atoms with van der Waals surface area (Å²) in [5, 5.41) is 0. The third kappa shape index (κ3) is 5.60. The highest BCUT2D eigenvalue weighted by Crippen LogP contribution is 2.15. The van der Waals surface area contributed by atoms with E-state index in [1.807, 2.05) is 11.8 Å². The Kier molecular flexibility index (Phi) is 8.27. The highest BCUT2D eigenvalue weighted by molar-refractivity contribution is 7.99. The first-order chi connectivity index (χ1) is 8.31. The van der Waals surface area contributed by atoms with Crippen LogP contribution in [0.5, 0.6) is 0 Å². The van der Waals surface area contributed by atoms with Crippen LogP contribution in [0.15, 0.2) is 0 Å². The highest BCUT2D eigenvalue weighted by Gasteiger charge is 2.22. The van der Waals surface area contributed by atoms with Crippen LogP contribution >= 0.6 is 11.8 Å². The molecule has 0 amide bonds. The van der Waals surface area contributed by atoms with Gasteiger partial charge in [-0.3, -0.25) is 4.90 Å². The summed E-state index contributed by atoms with van der Waals surface area (Å²) in [5.74, 6) is 2.44. The minimum Gasteiger partial charge on any atom is -0.377 e. The molecule has 1 rings (SSSR count). The van der Waals surface area contributed by atoms with Gasteiger partial charge in [0.1, 0.15) is 0 Å². The van der Waals surface area contributed by atoms with Crippen molar-refractivity contribution in [2.45, 2.75) is 45.3 Å². The topological polar surface area (TPSA) is 38.5 Å². The van der Waals surface area contributed by atoms with Gasteiger partial charge in [-0.25, -0.2) is 0 Å². The average molecular weight is 260 g/mol. The molecule has 2 N–H and O–H groups in total. The Labute approximate surface area is 110 Å². The standard InChI is InChI=1S/C13H28N2OS/c1-3-13-11-15(7-5-8-16-13)12(10-14)6-9-17-4-2/h12-13H,3-11,14H2,1-2H3. The Balaban J connectivity index is 2.41. The van der Waals surface area contributed by atoms with E-state index in [0.29, 0.717) is 12.1 Å². The second-order valence-electron chi connectivity index (χ2n) is 4.62. The van der Waals surface area contributed by atoms with Crippen molar-refractivity contribution < 1.29 is 4.74 Å². The van der Waals surface area contributed by atoms with Gasteiger partial charge in [-0.1, -0.05) is 13.8 Å². The smallest absolute Gasteiger partial charge is 0.0699 e. The first-order valence-corrected chi connectivity index (χ1v) is 8.10. The molecule has 0 radical (unpaired) electrons. The fourth-order valence-electron chi connectivity index (χ4n) is 2.31. The number of rotatable bonds is 7.